The molecule has 3 aromatic heterocycles. The van der Waals surface area contributed by atoms with Crippen molar-refractivity contribution in [1.29, 1.82) is 0 Å². The molecule has 2 atom stereocenters. The number of amides is 3. The van der Waals surface area contributed by atoms with Crippen molar-refractivity contribution in [2.75, 3.05) is 143 Å². The van der Waals surface area contributed by atoms with Gasteiger partial charge in [0.25, 0.3) is 5.91 Å². The summed E-state index contributed by atoms with van der Waals surface area (Å²) in [5.41, 5.74) is 13.2. The van der Waals surface area contributed by atoms with Crippen molar-refractivity contribution in [2.24, 2.45) is 0 Å². The maximum absolute atomic E-state index is 14.7. The predicted molar refractivity (Wildman–Crippen MR) is 284 cm³/mol. The Hall–Kier alpha value is -4.93. The summed E-state index contributed by atoms with van der Waals surface area (Å²) in [7, 11) is 25.6. The van der Waals surface area contributed by atoms with Gasteiger partial charge < -0.3 is 49.2 Å². The number of rotatable bonds is 22. The largest absolute Gasteiger partial charge is 0.355 e. The highest BCUT2D eigenvalue weighted by atomic mass is 16.2. The summed E-state index contributed by atoms with van der Waals surface area (Å²) in [5.74, 6) is -0.784. The van der Waals surface area contributed by atoms with E-state index in [2.05, 4.69) is 162 Å². The van der Waals surface area contributed by atoms with Gasteiger partial charge in [0, 0.05) is 58.1 Å². The number of hydrogen-bond acceptors (Lipinski definition) is 6. The van der Waals surface area contributed by atoms with Gasteiger partial charge in [0.05, 0.1) is 159 Å². The van der Waals surface area contributed by atoms with E-state index in [0.29, 0.717) is 63.2 Å². The molecule has 15 heteroatoms. The van der Waals surface area contributed by atoms with Crippen LogP contribution in [0.3, 0.4) is 0 Å². The highest BCUT2D eigenvalue weighted by Gasteiger charge is 2.36. The second-order valence-corrected chi connectivity index (χ2v) is 23.8. The first kappa shape index (κ1) is 55.0. The van der Waals surface area contributed by atoms with Gasteiger partial charge in [0.15, 0.2) is 0 Å². The third-order valence-corrected chi connectivity index (χ3v) is 13.6. The Bertz CT molecular complexity index is 2540. The van der Waals surface area contributed by atoms with Crippen molar-refractivity contribution < 1.29 is 32.3 Å². The van der Waals surface area contributed by atoms with Crippen molar-refractivity contribution in [3.05, 3.63) is 68.8 Å². The van der Waals surface area contributed by atoms with E-state index in [1.54, 1.807) is 0 Å². The molecule has 0 fully saturated rings. The molecule has 8 bridgehead atoms. The number of fused-ring (bicyclic) bond motifs is 8. The highest BCUT2D eigenvalue weighted by Crippen LogP contribution is 2.44. The zero-order chi connectivity index (χ0) is 51.2. The first-order valence-electron chi connectivity index (χ1n) is 25.3. The van der Waals surface area contributed by atoms with Gasteiger partial charge in [-0.05, 0) is 92.6 Å². The topological polar surface area (TPSA) is 157 Å². The number of likely N-dealkylation sites (N-methyl/N-ethyl adjacent to an activating group) is 4. The number of carbonyl (C=O) groups is 3. The van der Waals surface area contributed by atoms with Crippen LogP contribution in [0, 0.1) is 13.8 Å². The molecule has 3 aromatic rings. The lowest BCUT2D eigenvalue weighted by atomic mass is 9.84. The number of quaternary nitrogens is 4. The number of nitrogens with zero attached hydrogens (tertiary/aromatic N) is 6. The summed E-state index contributed by atoms with van der Waals surface area (Å²) in [6.45, 7) is 17.2. The van der Waals surface area contributed by atoms with Gasteiger partial charge >= 0.3 is 0 Å². The first-order chi connectivity index (χ1) is 32.1. The number of hydrogen-bond donors (Lipinski definition) is 6. The third-order valence-electron chi connectivity index (χ3n) is 13.6. The Morgan fingerprint density at radius 3 is 1.71 bits per heavy atom. The maximum Gasteiger partial charge on any atom is 0.254 e. The Morgan fingerprint density at radius 2 is 1.13 bits per heavy atom. The normalized spacial score (nSPS) is 15.7. The van der Waals surface area contributed by atoms with E-state index in [1.165, 1.54) is 11.1 Å². The highest BCUT2D eigenvalue weighted by molar-refractivity contribution is 6.27. The molecular formula is C54H90N12O3+4. The fourth-order valence-electron chi connectivity index (χ4n) is 9.21. The van der Waals surface area contributed by atoms with Crippen LogP contribution in [0.2, 0.25) is 0 Å². The van der Waals surface area contributed by atoms with Gasteiger partial charge in [0.2, 0.25) is 11.8 Å². The Labute approximate surface area is 413 Å². The van der Waals surface area contributed by atoms with Gasteiger partial charge in [-0.15, -0.1) is 0 Å². The number of H-pyrrole nitrogens is 2. The summed E-state index contributed by atoms with van der Waals surface area (Å²) in [5, 5.41) is 13.3. The molecule has 5 rings (SSSR count). The lowest BCUT2D eigenvalue weighted by molar-refractivity contribution is -0.869. The molecule has 3 amide bonds. The number of aromatic amines is 2. The van der Waals surface area contributed by atoms with Gasteiger partial charge in [-0.1, -0.05) is 13.8 Å². The van der Waals surface area contributed by atoms with E-state index in [9.17, 15) is 14.4 Å². The summed E-state index contributed by atoms with van der Waals surface area (Å²) in [4.78, 5) is 61.2. The fourth-order valence-corrected chi connectivity index (χ4v) is 9.21. The molecule has 5 heterocycles. The van der Waals surface area contributed by atoms with Crippen molar-refractivity contribution in [3.63, 3.8) is 0 Å². The minimum atomic E-state index is -0.241. The number of carbonyl (C=O) groups excluding carboxylic acids is 3. The van der Waals surface area contributed by atoms with Crippen LogP contribution in [-0.4, -0.2) is 199 Å². The zero-order valence-electron chi connectivity index (χ0n) is 45.7. The van der Waals surface area contributed by atoms with E-state index < -0.39 is 0 Å². The SMILES string of the molecule is CCc1c(C)c2cc3[nH]c(cc4nc(c(CC(=O)NCC[N+](C)(C)C)c5nc(cc1[nH]2)C(C)=C5C(=O)NCC[N+](C)(C)C)[C@@H](CCC(=O)NCC[N+](C)(C)C)[C@@H]4C)c(C)c3CCNCC[N+](C)(C)C. The molecule has 15 nitrogen and oxygen atoms in total. The quantitative estimate of drug-likeness (QED) is 0.0620. The van der Waals surface area contributed by atoms with Crippen molar-refractivity contribution >= 4 is 50.9 Å². The van der Waals surface area contributed by atoms with Crippen molar-refractivity contribution in [2.45, 2.75) is 78.6 Å². The lowest BCUT2D eigenvalue weighted by Gasteiger charge is -2.24. The number of aryl methyl sites for hydroxylation is 3. The van der Waals surface area contributed by atoms with Crippen LogP contribution in [0.1, 0.15) is 96.0 Å². The summed E-state index contributed by atoms with van der Waals surface area (Å²) < 4.78 is 3.02. The molecule has 69 heavy (non-hydrogen) atoms. The molecule has 380 valence electrons. The van der Waals surface area contributed by atoms with Crippen molar-refractivity contribution in [3.8, 4) is 0 Å². The first-order valence-corrected chi connectivity index (χ1v) is 25.3. The van der Waals surface area contributed by atoms with Gasteiger partial charge in [0.1, 0.15) is 0 Å². The maximum atomic E-state index is 14.7. The van der Waals surface area contributed by atoms with E-state index in [4.69, 9.17) is 9.97 Å². The fraction of sp³-hybridized carbons (Fsp3) is 0.611. The Morgan fingerprint density at radius 1 is 0.609 bits per heavy atom. The molecule has 0 saturated heterocycles. The molecule has 6 N–H and O–H groups in total. The standard InChI is InChI=1S/C54H87N12O3/c1-18-39-35(2)44-33-48-40(21-22-55-23-27-63(6,7)8)36(3)43(60-48)32-45-37(4)41(19-20-49(67)56-24-28-64(9,10)11)52(61-45)42(31-50(68)57-25-29-65(12,13)14)53-51(54(69)58-26-30-66(15,16)17)38(5)46(62-53)34-47(39)59-44/h32-34,37,41,55H,18-31H2,1-17H3,(H2-3,56,57,58,59,60,61,62,67,68,69)/q+1/p+3/t37-,41-/m0/s1. The average molecular weight is 955 g/mol. The Balaban J connectivity index is 1.83. The molecule has 0 saturated carbocycles. The third kappa shape index (κ3) is 15.3. The molecular weight excluding hydrogens is 865 g/mol. The molecule has 2 aliphatic heterocycles. The van der Waals surface area contributed by atoms with Crippen LogP contribution in [0.5, 0.6) is 0 Å². The monoisotopic (exact) mass is 955 g/mol. The van der Waals surface area contributed by atoms with Crippen LogP contribution in [-0.2, 0) is 33.6 Å². The lowest BCUT2D eigenvalue weighted by Crippen LogP contribution is -2.42. The van der Waals surface area contributed by atoms with E-state index in [-0.39, 0.29) is 42.4 Å². The minimum Gasteiger partial charge on any atom is -0.355 e. The number of nitrogens with one attached hydrogen (secondary N) is 6. The molecule has 0 aromatic carbocycles. The summed E-state index contributed by atoms with van der Waals surface area (Å²) in [6, 6.07) is 6.48. The zero-order valence-corrected chi connectivity index (χ0v) is 45.7. The molecule has 0 aliphatic carbocycles. The van der Waals surface area contributed by atoms with E-state index >= 15 is 0 Å². The molecule has 0 radical (unpaired) electrons. The van der Waals surface area contributed by atoms with Crippen molar-refractivity contribution in [1.82, 2.24) is 41.2 Å². The van der Waals surface area contributed by atoms with Crippen LogP contribution < -0.4 is 21.3 Å². The molecule has 2 aliphatic rings. The van der Waals surface area contributed by atoms with Gasteiger partial charge in [-0.3, -0.25) is 19.4 Å². The second-order valence-electron chi connectivity index (χ2n) is 23.8. The van der Waals surface area contributed by atoms with Crippen LogP contribution >= 0.6 is 0 Å². The second kappa shape index (κ2) is 22.4. The van der Waals surface area contributed by atoms with Gasteiger partial charge in [-0.25, -0.2) is 4.98 Å². The van der Waals surface area contributed by atoms with E-state index in [0.717, 1.165) is 106 Å². The van der Waals surface area contributed by atoms with Crippen LogP contribution in [0.15, 0.2) is 18.2 Å². The number of allylic oxidation sites excluding steroid dienone is 1. The van der Waals surface area contributed by atoms with Gasteiger partial charge in [-0.2, -0.15) is 0 Å². The molecule has 0 unspecified atom stereocenters. The van der Waals surface area contributed by atoms with E-state index in [1.807, 2.05) is 6.92 Å². The smallest absolute Gasteiger partial charge is 0.254 e. The van der Waals surface area contributed by atoms with Crippen LogP contribution in [0.25, 0.3) is 33.2 Å². The number of aromatic nitrogens is 4. The average Bonchev–Trinajstić information content (AvgIpc) is 3.90. The molecule has 0 spiro atoms. The summed E-state index contributed by atoms with van der Waals surface area (Å²) in [6.07, 6.45) is 2.38. The minimum absolute atomic E-state index is 0.0193. The van der Waals surface area contributed by atoms with Crippen LogP contribution in [0.4, 0.5) is 0 Å². The Kier molecular flexibility index (Phi) is 17.9. The predicted octanol–water partition coefficient (Wildman–Crippen LogP) is 4.94. The summed E-state index contributed by atoms with van der Waals surface area (Å²) >= 11 is 0.